The van der Waals surface area contributed by atoms with Gasteiger partial charge in [-0.1, -0.05) is 18.2 Å². The Morgan fingerprint density at radius 1 is 1.33 bits per heavy atom. The first-order valence-corrected chi connectivity index (χ1v) is 7.86. The lowest BCUT2D eigenvalue weighted by Gasteiger charge is -2.32. The van der Waals surface area contributed by atoms with Crippen LogP contribution in [0.5, 0.6) is 5.75 Å². The third kappa shape index (κ3) is 6.17. The van der Waals surface area contributed by atoms with Gasteiger partial charge in [0.15, 0.2) is 0 Å². The summed E-state index contributed by atoms with van der Waals surface area (Å²) in [6, 6.07) is 9.89. The maximum absolute atomic E-state index is 10.6. The summed E-state index contributed by atoms with van der Waals surface area (Å²) < 4.78 is 5.70. The summed E-state index contributed by atoms with van der Waals surface area (Å²) in [7, 11) is 0. The summed E-state index contributed by atoms with van der Waals surface area (Å²) in [6.45, 7) is 3.95. The number of para-hydroxylation sites is 1. The standard InChI is InChI=1S/C17H25NO3/c19-17(20)10-9-15-6-4-11-18(14-15)12-5-13-21-16-7-2-1-3-8-16/h1-3,7-8,15H,4-6,9-14H2,(H,19,20). The first kappa shape index (κ1) is 15.8. The van der Waals surface area contributed by atoms with E-state index < -0.39 is 5.97 Å². The minimum atomic E-state index is -0.677. The highest BCUT2D eigenvalue weighted by Gasteiger charge is 2.20. The van der Waals surface area contributed by atoms with Gasteiger partial charge in [0.1, 0.15) is 5.75 Å². The molecular formula is C17H25NO3. The van der Waals surface area contributed by atoms with Crippen molar-refractivity contribution in [3.8, 4) is 5.75 Å². The van der Waals surface area contributed by atoms with Crippen LogP contribution in [0.1, 0.15) is 32.1 Å². The number of carboxylic acid groups (broad SMARTS) is 1. The molecule has 1 aliphatic heterocycles. The second kappa shape index (κ2) is 8.67. The molecule has 21 heavy (non-hydrogen) atoms. The van der Waals surface area contributed by atoms with E-state index in [4.69, 9.17) is 9.84 Å². The zero-order chi connectivity index (χ0) is 14.9. The Kier molecular flexibility index (Phi) is 6.54. The number of carbonyl (C=O) groups is 1. The first-order valence-electron chi connectivity index (χ1n) is 7.86. The van der Waals surface area contributed by atoms with Crippen molar-refractivity contribution in [1.29, 1.82) is 0 Å². The van der Waals surface area contributed by atoms with Crippen LogP contribution in [0.15, 0.2) is 30.3 Å². The lowest BCUT2D eigenvalue weighted by atomic mass is 9.93. The molecule has 1 aliphatic rings. The molecule has 1 fully saturated rings. The molecule has 1 atom stereocenters. The van der Waals surface area contributed by atoms with Crippen molar-refractivity contribution in [3.05, 3.63) is 30.3 Å². The summed E-state index contributed by atoms with van der Waals surface area (Å²) in [5.41, 5.74) is 0. The molecule has 0 spiro atoms. The Labute approximate surface area is 126 Å². The number of ether oxygens (including phenoxy) is 1. The quantitative estimate of drug-likeness (QED) is 0.748. The van der Waals surface area contributed by atoms with E-state index in [0.717, 1.165) is 44.8 Å². The van der Waals surface area contributed by atoms with Crippen molar-refractivity contribution in [2.75, 3.05) is 26.2 Å². The van der Waals surface area contributed by atoms with E-state index in [1.165, 1.54) is 12.8 Å². The van der Waals surface area contributed by atoms with Gasteiger partial charge in [0.2, 0.25) is 0 Å². The lowest BCUT2D eigenvalue weighted by molar-refractivity contribution is -0.137. The van der Waals surface area contributed by atoms with Gasteiger partial charge in [0.05, 0.1) is 6.61 Å². The van der Waals surface area contributed by atoms with Crippen LogP contribution >= 0.6 is 0 Å². The molecule has 0 amide bonds. The van der Waals surface area contributed by atoms with Crippen LogP contribution in [0, 0.1) is 5.92 Å². The minimum absolute atomic E-state index is 0.301. The molecule has 0 aliphatic carbocycles. The van der Waals surface area contributed by atoms with Gasteiger partial charge in [-0.2, -0.15) is 0 Å². The van der Waals surface area contributed by atoms with Gasteiger partial charge in [-0.15, -0.1) is 0 Å². The van der Waals surface area contributed by atoms with Gasteiger partial charge in [0.25, 0.3) is 0 Å². The highest BCUT2D eigenvalue weighted by Crippen LogP contribution is 2.21. The van der Waals surface area contributed by atoms with Gasteiger partial charge in [-0.3, -0.25) is 4.79 Å². The molecule has 1 heterocycles. The fourth-order valence-corrected chi connectivity index (χ4v) is 2.91. The van der Waals surface area contributed by atoms with Gasteiger partial charge in [0, 0.05) is 19.5 Å². The van der Waals surface area contributed by atoms with Crippen LogP contribution in [0.2, 0.25) is 0 Å². The molecule has 1 aromatic carbocycles. The van der Waals surface area contributed by atoms with Gasteiger partial charge in [-0.05, 0) is 50.3 Å². The number of nitrogens with zero attached hydrogens (tertiary/aromatic N) is 1. The summed E-state index contributed by atoms with van der Waals surface area (Å²) >= 11 is 0. The predicted molar refractivity (Wildman–Crippen MR) is 82.6 cm³/mol. The molecule has 1 aromatic rings. The maximum Gasteiger partial charge on any atom is 0.303 e. The summed E-state index contributed by atoms with van der Waals surface area (Å²) in [5, 5.41) is 8.76. The smallest absolute Gasteiger partial charge is 0.303 e. The van der Waals surface area contributed by atoms with Crippen LogP contribution in [0.25, 0.3) is 0 Å². The van der Waals surface area contributed by atoms with E-state index in [1.54, 1.807) is 0 Å². The third-order valence-corrected chi connectivity index (χ3v) is 4.00. The Morgan fingerprint density at radius 2 is 2.14 bits per heavy atom. The molecule has 1 unspecified atom stereocenters. The molecule has 1 saturated heterocycles. The van der Waals surface area contributed by atoms with Crippen molar-refractivity contribution >= 4 is 5.97 Å². The molecule has 1 N–H and O–H groups in total. The van der Waals surface area contributed by atoms with Gasteiger partial charge < -0.3 is 14.7 Å². The number of piperidine rings is 1. The SMILES string of the molecule is O=C(O)CCC1CCCN(CCCOc2ccccc2)C1. The fraction of sp³-hybridized carbons (Fsp3) is 0.588. The Bertz CT molecular complexity index is 421. The van der Waals surface area contributed by atoms with Gasteiger partial charge >= 0.3 is 5.97 Å². The number of rotatable bonds is 8. The molecule has 0 saturated carbocycles. The van der Waals surface area contributed by atoms with E-state index in [2.05, 4.69) is 4.90 Å². The molecule has 2 rings (SSSR count). The van der Waals surface area contributed by atoms with Crippen LogP contribution in [-0.4, -0.2) is 42.2 Å². The maximum atomic E-state index is 10.6. The lowest BCUT2D eigenvalue weighted by Crippen LogP contribution is -2.36. The monoisotopic (exact) mass is 291 g/mol. The van der Waals surface area contributed by atoms with Crippen LogP contribution in [0.4, 0.5) is 0 Å². The van der Waals surface area contributed by atoms with Crippen LogP contribution in [-0.2, 0) is 4.79 Å². The second-order valence-electron chi connectivity index (χ2n) is 5.76. The number of benzene rings is 1. The summed E-state index contributed by atoms with van der Waals surface area (Å²) in [5.74, 6) is 0.795. The first-order chi connectivity index (χ1) is 10.2. The van der Waals surface area contributed by atoms with Crippen LogP contribution < -0.4 is 4.74 Å². The number of aliphatic carboxylic acids is 1. The van der Waals surface area contributed by atoms with E-state index >= 15 is 0 Å². The minimum Gasteiger partial charge on any atom is -0.494 e. The predicted octanol–water partition coefficient (Wildman–Crippen LogP) is 3.03. The number of likely N-dealkylation sites (tertiary alicyclic amines) is 1. The molecule has 116 valence electrons. The van der Waals surface area contributed by atoms with Crippen molar-refractivity contribution in [2.24, 2.45) is 5.92 Å². The topological polar surface area (TPSA) is 49.8 Å². The zero-order valence-electron chi connectivity index (χ0n) is 12.5. The van der Waals surface area contributed by atoms with Crippen molar-refractivity contribution in [1.82, 2.24) is 4.90 Å². The van der Waals surface area contributed by atoms with Crippen LogP contribution in [0.3, 0.4) is 0 Å². The second-order valence-corrected chi connectivity index (χ2v) is 5.76. The number of hydrogen-bond acceptors (Lipinski definition) is 3. The normalized spacial score (nSPS) is 19.3. The average molecular weight is 291 g/mol. The Hall–Kier alpha value is -1.55. The molecule has 0 aromatic heterocycles. The molecule has 0 radical (unpaired) electrons. The largest absolute Gasteiger partial charge is 0.494 e. The van der Waals surface area contributed by atoms with Crippen molar-refractivity contribution in [3.63, 3.8) is 0 Å². The van der Waals surface area contributed by atoms with E-state index in [1.807, 2.05) is 30.3 Å². The number of carboxylic acids is 1. The highest BCUT2D eigenvalue weighted by molar-refractivity contribution is 5.66. The number of hydrogen-bond donors (Lipinski definition) is 1. The molecule has 4 heteroatoms. The molecular weight excluding hydrogens is 266 g/mol. The van der Waals surface area contributed by atoms with Crippen molar-refractivity contribution in [2.45, 2.75) is 32.1 Å². The van der Waals surface area contributed by atoms with E-state index in [-0.39, 0.29) is 0 Å². The summed E-state index contributed by atoms with van der Waals surface area (Å²) in [6.07, 6.45) is 4.48. The van der Waals surface area contributed by atoms with Crippen molar-refractivity contribution < 1.29 is 14.6 Å². The van der Waals surface area contributed by atoms with Gasteiger partial charge in [-0.25, -0.2) is 0 Å². The Balaban J connectivity index is 1.60. The Morgan fingerprint density at radius 3 is 2.90 bits per heavy atom. The average Bonchev–Trinajstić information content (AvgIpc) is 2.51. The summed E-state index contributed by atoms with van der Waals surface area (Å²) in [4.78, 5) is 13.1. The van der Waals surface area contributed by atoms with E-state index in [0.29, 0.717) is 12.3 Å². The molecule has 0 bridgehead atoms. The van der Waals surface area contributed by atoms with E-state index in [9.17, 15) is 4.79 Å². The zero-order valence-corrected chi connectivity index (χ0v) is 12.5. The fourth-order valence-electron chi connectivity index (χ4n) is 2.91. The third-order valence-electron chi connectivity index (χ3n) is 4.00. The highest BCUT2D eigenvalue weighted by atomic mass is 16.5. The molecule has 4 nitrogen and oxygen atoms in total.